The van der Waals surface area contributed by atoms with E-state index >= 15 is 0 Å². The van der Waals surface area contributed by atoms with Crippen LogP contribution in [0.2, 0.25) is 15.2 Å². The van der Waals surface area contributed by atoms with Crippen molar-refractivity contribution in [3.8, 4) is 0 Å². The largest absolute Gasteiger partial charge is 0.388 e. The van der Waals surface area contributed by atoms with E-state index in [9.17, 15) is 5.11 Å². The number of hydrogen-bond donors (Lipinski definition) is 1. The van der Waals surface area contributed by atoms with E-state index in [4.69, 9.17) is 34.8 Å². The van der Waals surface area contributed by atoms with Crippen LogP contribution in [0.3, 0.4) is 0 Å². The Bertz CT molecular complexity index is 590. The highest BCUT2D eigenvalue weighted by Crippen LogP contribution is 2.33. The van der Waals surface area contributed by atoms with Gasteiger partial charge in [0.2, 0.25) is 0 Å². The molecular formula is C13H13Cl3N2O. The van der Waals surface area contributed by atoms with Crippen LogP contribution < -0.4 is 0 Å². The molecule has 1 aromatic heterocycles. The molecule has 3 nitrogen and oxygen atoms in total. The number of aliphatic hydroxyl groups is 1. The van der Waals surface area contributed by atoms with Gasteiger partial charge in [-0.25, -0.2) is 0 Å². The molecule has 102 valence electrons. The fourth-order valence-electron chi connectivity index (χ4n) is 2.03. The lowest BCUT2D eigenvalue weighted by Gasteiger charge is -2.14. The van der Waals surface area contributed by atoms with Gasteiger partial charge in [-0.1, -0.05) is 40.9 Å². The summed E-state index contributed by atoms with van der Waals surface area (Å²) in [5.74, 6) is 0. The first-order chi connectivity index (χ1) is 8.91. The first-order valence-electron chi connectivity index (χ1n) is 5.71. The first kappa shape index (κ1) is 14.7. The van der Waals surface area contributed by atoms with Crippen LogP contribution >= 0.6 is 34.8 Å². The highest BCUT2D eigenvalue weighted by Gasteiger charge is 2.20. The summed E-state index contributed by atoms with van der Waals surface area (Å²) < 4.78 is 1.58. The Morgan fingerprint density at radius 2 is 1.84 bits per heavy atom. The smallest absolute Gasteiger partial charge is 0.130 e. The zero-order chi connectivity index (χ0) is 14.2. The topological polar surface area (TPSA) is 38.0 Å². The van der Waals surface area contributed by atoms with Gasteiger partial charge in [0.25, 0.3) is 0 Å². The second-order valence-corrected chi connectivity index (χ2v) is 5.51. The Morgan fingerprint density at radius 3 is 2.32 bits per heavy atom. The van der Waals surface area contributed by atoms with Crippen molar-refractivity contribution in [2.24, 2.45) is 7.05 Å². The fourth-order valence-corrected chi connectivity index (χ4v) is 2.93. The Morgan fingerprint density at radius 1 is 1.26 bits per heavy atom. The number of aryl methyl sites for hydroxylation is 2. The molecule has 0 bridgehead atoms. The Balaban J connectivity index is 2.33. The van der Waals surface area contributed by atoms with Gasteiger partial charge in [0.05, 0.1) is 11.8 Å². The second-order valence-electron chi connectivity index (χ2n) is 4.33. The van der Waals surface area contributed by atoms with Crippen LogP contribution in [0.15, 0.2) is 18.2 Å². The van der Waals surface area contributed by atoms with Crippen molar-refractivity contribution in [1.82, 2.24) is 9.78 Å². The number of nitrogens with zero attached hydrogens (tertiary/aromatic N) is 2. The van der Waals surface area contributed by atoms with E-state index in [0.29, 0.717) is 27.2 Å². The number of halogens is 3. The van der Waals surface area contributed by atoms with Gasteiger partial charge < -0.3 is 5.11 Å². The number of rotatable bonds is 3. The van der Waals surface area contributed by atoms with Gasteiger partial charge in [-0.2, -0.15) is 5.10 Å². The quantitative estimate of drug-likeness (QED) is 0.929. The van der Waals surface area contributed by atoms with E-state index in [2.05, 4.69) is 5.10 Å². The minimum absolute atomic E-state index is 0.321. The molecule has 0 saturated heterocycles. The van der Waals surface area contributed by atoms with Crippen molar-refractivity contribution < 1.29 is 5.11 Å². The summed E-state index contributed by atoms with van der Waals surface area (Å²) in [6, 6.07) is 5.14. The average molecular weight is 320 g/mol. The SMILES string of the molecule is Cc1nn(C)c(Cl)c1CC(O)c1c(Cl)cccc1Cl. The van der Waals surface area contributed by atoms with Gasteiger partial charge in [-0.3, -0.25) is 4.68 Å². The lowest BCUT2D eigenvalue weighted by atomic mass is 10.0. The molecule has 6 heteroatoms. The lowest BCUT2D eigenvalue weighted by molar-refractivity contribution is 0.178. The zero-order valence-corrected chi connectivity index (χ0v) is 12.8. The third-order valence-electron chi connectivity index (χ3n) is 3.00. The van der Waals surface area contributed by atoms with Gasteiger partial charge in [-0.15, -0.1) is 0 Å². The summed E-state index contributed by atoms with van der Waals surface area (Å²) in [5.41, 5.74) is 2.10. The van der Waals surface area contributed by atoms with Crippen LogP contribution in [-0.2, 0) is 13.5 Å². The predicted molar refractivity (Wildman–Crippen MR) is 78.1 cm³/mol. The van der Waals surface area contributed by atoms with E-state index in [1.807, 2.05) is 6.92 Å². The third-order valence-corrected chi connectivity index (χ3v) is 4.13. The Hall–Kier alpha value is -0.740. The molecule has 0 radical (unpaired) electrons. The summed E-state index contributed by atoms with van der Waals surface area (Å²) in [5, 5.41) is 15.9. The van der Waals surface area contributed by atoms with Gasteiger partial charge in [0.1, 0.15) is 5.15 Å². The molecule has 19 heavy (non-hydrogen) atoms. The van der Waals surface area contributed by atoms with Gasteiger partial charge in [0.15, 0.2) is 0 Å². The van der Waals surface area contributed by atoms with E-state index in [1.165, 1.54) is 0 Å². The molecule has 0 fully saturated rings. The van der Waals surface area contributed by atoms with Crippen molar-refractivity contribution >= 4 is 34.8 Å². The van der Waals surface area contributed by atoms with Crippen LogP contribution in [0.25, 0.3) is 0 Å². The van der Waals surface area contributed by atoms with Gasteiger partial charge >= 0.3 is 0 Å². The van der Waals surface area contributed by atoms with Crippen LogP contribution in [0, 0.1) is 6.92 Å². The zero-order valence-electron chi connectivity index (χ0n) is 10.5. The van der Waals surface area contributed by atoms with Gasteiger partial charge in [0, 0.05) is 34.6 Å². The molecule has 0 saturated carbocycles. The van der Waals surface area contributed by atoms with Crippen molar-refractivity contribution in [3.63, 3.8) is 0 Å². The molecule has 0 aliphatic carbocycles. The van der Waals surface area contributed by atoms with E-state index < -0.39 is 6.10 Å². The molecule has 1 unspecified atom stereocenters. The lowest BCUT2D eigenvalue weighted by Crippen LogP contribution is -2.04. The fraction of sp³-hybridized carbons (Fsp3) is 0.308. The van der Waals surface area contributed by atoms with Crippen LogP contribution in [0.5, 0.6) is 0 Å². The van der Waals surface area contributed by atoms with Gasteiger partial charge in [-0.05, 0) is 19.1 Å². The number of hydrogen-bond acceptors (Lipinski definition) is 2. The molecule has 1 N–H and O–H groups in total. The molecule has 0 spiro atoms. The third kappa shape index (κ3) is 2.90. The summed E-state index contributed by atoms with van der Waals surface area (Å²) in [7, 11) is 1.76. The monoisotopic (exact) mass is 318 g/mol. The maximum atomic E-state index is 10.3. The normalized spacial score (nSPS) is 12.7. The molecule has 2 aromatic rings. The molecule has 1 heterocycles. The summed E-state index contributed by atoms with van der Waals surface area (Å²) in [6.07, 6.45) is -0.497. The van der Waals surface area contributed by atoms with Crippen molar-refractivity contribution in [2.45, 2.75) is 19.4 Å². The minimum atomic E-state index is -0.818. The van der Waals surface area contributed by atoms with Crippen LogP contribution in [0.4, 0.5) is 0 Å². The molecule has 0 aliphatic heterocycles. The standard InChI is InChI=1S/C13H13Cl3N2O/c1-7-8(13(16)18(2)17-7)6-11(19)12-9(14)4-3-5-10(12)15/h3-5,11,19H,6H2,1-2H3. The number of benzene rings is 1. The molecule has 0 aliphatic rings. The Labute approximate surface area is 126 Å². The Kier molecular flexibility index (Phi) is 4.41. The predicted octanol–water partition coefficient (Wildman–Crippen LogP) is 3.96. The van der Waals surface area contributed by atoms with Crippen molar-refractivity contribution in [2.75, 3.05) is 0 Å². The van der Waals surface area contributed by atoms with Crippen molar-refractivity contribution in [1.29, 1.82) is 0 Å². The summed E-state index contributed by atoms with van der Waals surface area (Å²) in [4.78, 5) is 0. The van der Waals surface area contributed by atoms with E-state index in [0.717, 1.165) is 11.3 Å². The first-order valence-corrected chi connectivity index (χ1v) is 6.85. The maximum absolute atomic E-state index is 10.3. The second kappa shape index (κ2) is 5.71. The summed E-state index contributed by atoms with van der Waals surface area (Å²) in [6.45, 7) is 1.85. The summed E-state index contributed by atoms with van der Waals surface area (Å²) >= 11 is 18.3. The molecular weight excluding hydrogens is 307 g/mol. The minimum Gasteiger partial charge on any atom is -0.388 e. The molecule has 1 atom stereocenters. The molecule has 0 amide bonds. The van der Waals surface area contributed by atoms with Crippen LogP contribution in [0.1, 0.15) is 22.9 Å². The highest BCUT2D eigenvalue weighted by atomic mass is 35.5. The molecule has 2 rings (SSSR count). The van der Waals surface area contributed by atoms with E-state index in [-0.39, 0.29) is 0 Å². The van der Waals surface area contributed by atoms with Crippen LogP contribution in [-0.4, -0.2) is 14.9 Å². The van der Waals surface area contributed by atoms with E-state index in [1.54, 1.807) is 29.9 Å². The van der Waals surface area contributed by atoms with Crippen molar-refractivity contribution in [3.05, 3.63) is 50.2 Å². The number of aromatic nitrogens is 2. The maximum Gasteiger partial charge on any atom is 0.130 e. The molecule has 1 aromatic carbocycles. The average Bonchev–Trinajstić information content (AvgIpc) is 2.56. The number of aliphatic hydroxyl groups excluding tert-OH is 1. The highest BCUT2D eigenvalue weighted by molar-refractivity contribution is 6.36.